The molecule has 136 valence electrons. The molecular weight excluding hydrogens is 357 g/mol. The number of ether oxygens (including phenoxy) is 1. The second-order valence-electron chi connectivity index (χ2n) is 8.71. The maximum atomic E-state index is 6.64. The number of hydrogen-bond donors (Lipinski definition) is 0. The van der Waals surface area contributed by atoms with Gasteiger partial charge in [0, 0.05) is 0 Å². The van der Waals surface area contributed by atoms with Gasteiger partial charge in [-0.2, -0.15) is 0 Å². The zero-order valence-electron chi connectivity index (χ0n) is 16.1. The summed E-state index contributed by atoms with van der Waals surface area (Å²) in [6, 6.07) is 1.10. The van der Waals surface area contributed by atoms with Crippen LogP contribution >= 0.6 is 0 Å². The van der Waals surface area contributed by atoms with Gasteiger partial charge in [-0.25, -0.2) is 0 Å². The average molecular weight is 393 g/mol. The Bertz CT molecular complexity index is 401. The Balaban J connectivity index is 1.94. The molecule has 1 saturated carbocycles. The van der Waals surface area contributed by atoms with E-state index < -0.39 is 35.2 Å². The summed E-state index contributed by atoms with van der Waals surface area (Å²) < 4.78 is 25.0. The predicted molar refractivity (Wildman–Crippen MR) is 106 cm³/mol. The maximum absolute atomic E-state index is 6.64. The van der Waals surface area contributed by atoms with Gasteiger partial charge >= 0.3 is 17.1 Å². The van der Waals surface area contributed by atoms with Gasteiger partial charge in [0.05, 0.1) is 12.2 Å². The van der Waals surface area contributed by atoms with E-state index in [9.17, 15) is 0 Å². The van der Waals surface area contributed by atoms with E-state index in [-0.39, 0.29) is 0 Å². The molecular formula is C15H36O4Si4. The third kappa shape index (κ3) is 6.85. The molecule has 1 aliphatic heterocycles. The van der Waals surface area contributed by atoms with Crippen LogP contribution in [-0.4, -0.2) is 47.4 Å². The highest BCUT2D eigenvalue weighted by Crippen LogP contribution is 2.42. The molecule has 2 rings (SSSR count). The molecule has 0 radical (unpaired) electrons. The average Bonchev–Trinajstić information content (AvgIpc) is 3.11. The van der Waals surface area contributed by atoms with Gasteiger partial charge in [-0.05, 0) is 76.9 Å². The molecule has 1 aliphatic carbocycles. The van der Waals surface area contributed by atoms with Crippen molar-refractivity contribution in [3.63, 3.8) is 0 Å². The minimum absolute atomic E-state index is 0.437. The van der Waals surface area contributed by atoms with Crippen LogP contribution in [0.2, 0.25) is 51.9 Å². The van der Waals surface area contributed by atoms with Gasteiger partial charge in [-0.1, -0.05) is 6.55 Å². The van der Waals surface area contributed by atoms with Crippen molar-refractivity contribution in [1.82, 2.24) is 0 Å². The van der Waals surface area contributed by atoms with Crippen LogP contribution in [0.1, 0.15) is 25.7 Å². The van der Waals surface area contributed by atoms with E-state index in [4.69, 9.17) is 17.1 Å². The van der Waals surface area contributed by atoms with Crippen LogP contribution in [0.5, 0.6) is 0 Å². The monoisotopic (exact) mass is 392 g/mol. The van der Waals surface area contributed by atoms with Gasteiger partial charge < -0.3 is 17.1 Å². The van der Waals surface area contributed by atoms with Crippen molar-refractivity contribution in [1.29, 1.82) is 0 Å². The maximum Gasteiger partial charge on any atom is 0.315 e. The van der Waals surface area contributed by atoms with Crippen LogP contribution in [-0.2, 0) is 17.1 Å². The lowest BCUT2D eigenvalue weighted by Crippen LogP contribution is -2.54. The molecule has 0 aromatic carbocycles. The van der Waals surface area contributed by atoms with Crippen LogP contribution in [0.3, 0.4) is 0 Å². The molecule has 0 N–H and O–H groups in total. The number of epoxide rings is 1. The number of fused-ring (bicyclic) bond motifs is 1. The van der Waals surface area contributed by atoms with Gasteiger partial charge in [0.2, 0.25) is 0 Å². The van der Waals surface area contributed by atoms with Gasteiger partial charge in [-0.15, -0.1) is 0 Å². The summed E-state index contributed by atoms with van der Waals surface area (Å²) in [4.78, 5) is 0. The zero-order valence-corrected chi connectivity index (χ0v) is 20.5. The molecule has 0 aromatic heterocycles. The molecule has 2 fully saturated rings. The molecule has 4 unspecified atom stereocenters. The topological polar surface area (TPSA) is 40.2 Å². The molecule has 0 aromatic rings. The van der Waals surface area contributed by atoms with Gasteiger partial charge in [-0.3, -0.25) is 0 Å². The minimum Gasteiger partial charge on any atom is -0.442 e. The second-order valence-corrected chi connectivity index (χ2v) is 21.9. The first-order valence-electron chi connectivity index (χ1n) is 9.22. The summed E-state index contributed by atoms with van der Waals surface area (Å²) in [5.41, 5.74) is 0. The number of hydrogen-bond acceptors (Lipinski definition) is 4. The summed E-state index contributed by atoms with van der Waals surface area (Å²) >= 11 is 0. The summed E-state index contributed by atoms with van der Waals surface area (Å²) in [5, 5.41) is 0. The van der Waals surface area contributed by atoms with Crippen molar-refractivity contribution in [2.24, 2.45) is 5.92 Å². The lowest BCUT2D eigenvalue weighted by Gasteiger charge is -2.40. The minimum atomic E-state index is -2.17. The lowest BCUT2D eigenvalue weighted by atomic mass is 9.88. The van der Waals surface area contributed by atoms with Crippen molar-refractivity contribution in [3.8, 4) is 0 Å². The predicted octanol–water partition coefficient (Wildman–Crippen LogP) is 3.73. The van der Waals surface area contributed by atoms with Crippen molar-refractivity contribution in [2.45, 2.75) is 89.8 Å². The Labute approximate surface area is 148 Å². The first kappa shape index (κ1) is 20.0. The van der Waals surface area contributed by atoms with E-state index in [1.165, 1.54) is 25.7 Å². The van der Waals surface area contributed by atoms with Crippen LogP contribution < -0.4 is 0 Å². The molecule has 0 bridgehead atoms. The lowest BCUT2D eigenvalue weighted by molar-refractivity contribution is 0.313. The molecule has 1 saturated heterocycles. The molecule has 23 heavy (non-hydrogen) atoms. The van der Waals surface area contributed by atoms with Crippen LogP contribution in [0.15, 0.2) is 0 Å². The Hall–Kier alpha value is 0.708. The van der Waals surface area contributed by atoms with E-state index in [1.54, 1.807) is 0 Å². The third-order valence-electron chi connectivity index (χ3n) is 4.60. The van der Waals surface area contributed by atoms with Crippen molar-refractivity contribution in [3.05, 3.63) is 0 Å². The summed E-state index contributed by atoms with van der Waals surface area (Å²) in [6.45, 7) is 15.7. The zero-order chi connectivity index (χ0) is 17.3. The third-order valence-corrected chi connectivity index (χ3v) is 17.6. The van der Waals surface area contributed by atoms with Gasteiger partial charge in [0.15, 0.2) is 8.32 Å². The standard InChI is InChI=1S/C15H36O4Si4/c1-20-17-22(5,6)19-23(7,18-21(2,3)4)11-10-13-8-9-14-15(12-13)16-14/h13-15H,8-12,20H2,1-7H3. The summed E-state index contributed by atoms with van der Waals surface area (Å²) in [7, 11) is -6.26. The Morgan fingerprint density at radius 3 is 2.26 bits per heavy atom. The van der Waals surface area contributed by atoms with Crippen molar-refractivity contribution < 1.29 is 17.1 Å². The highest BCUT2D eigenvalue weighted by molar-refractivity contribution is 6.87. The second kappa shape index (κ2) is 7.53. The molecule has 8 heteroatoms. The quantitative estimate of drug-likeness (QED) is 0.443. The first-order valence-corrected chi connectivity index (χ1v) is 20.0. The molecule has 4 nitrogen and oxygen atoms in total. The smallest absolute Gasteiger partial charge is 0.315 e. The molecule has 1 heterocycles. The molecule has 4 atom stereocenters. The SMILES string of the molecule is C[SiH2]O[Si](C)(C)O[Si](C)(CCC1CCC2OC2C1)O[Si](C)(C)C. The fourth-order valence-electron chi connectivity index (χ4n) is 3.88. The summed E-state index contributed by atoms with van der Waals surface area (Å²) in [5.74, 6) is 0.797. The number of rotatable bonds is 9. The van der Waals surface area contributed by atoms with E-state index in [0.717, 1.165) is 12.0 Å². The van der Waals surface area contributed by atoms with E-state index >= 15 is 0 Å². The fraction of sp³-hybridized carbons (Fsp3) is 1.00. The van der Waals surface area contributed by atoms with Crippen LogP contribution in [0, 0.1) is 5.92 Å². The van der Waals surface area contributed by atoms with Gasteiger partial charge in [0.1, 0.15) is 9.76 Å². The summed E-state index contributed by atoms with van der Waals surface area (Å²) in [6.07, 6.45) is 6.22. The molecule has 0 spiro atoms. The molecule has 0 amide bonds. The highest BCUT2D eigenvalue weighted by atomic mass is 28.5. The van der Waals surface area contributed by atoms with E-state index in [2.05, 4.69) is 45.8 Å². The largest absolute Gasteiger partial charge is 0.442 e. The van der Waals surface area contributed by atoms with Crippen molar-refractivity contribution >= 4 is 35.2 Å². The first-order chi connectivity index (χ1) is 10.5. The Morgan fingerprint density at radius 1 is 1.00 bits per heavy atom. The van der Waals surface area contributed by atoms with E-state index in [1.807, 2.05) is 0 Å². The van der Waals surface area contributed by atoms with Crippen LogP contribution in [0.25, 0.3) is 0 Å². The van der Waals surface area contributed by atoms with E-state index in [0.29, 0.717) is 12.2 Å². The van der Waals surface area contributed by atoms with Crippen molar-refractivity contribution in [2.75, 3.05) is 0 Å². The Morgan fingerprint density at radius 2 is 1.70 bits per heavy atom. The van der Waals surface area contributed by atoms with Crippen LogP contribution in [0.4, 0.5) is 0 Å². The normalized spacial score (nSPS) is 31.2. The fourth-order valence-corrected chi connectivity index (χ4v) is 19.1. The molecule has 2 aliphatic rings. The Kier molecular flexibility index (Phi) is 6.55. The highest BCUT2D eigenvalue weighted by Gasteiger charge is 2.46. The van der Waals surface area contributed by atoms with Gasteiger partial charge in [0.25, 0.3) is 0 Å².